The fourth-order valence-electron chi connectivity index (χ4n) is 4.19. The van der Waals surface area contributed by atoms with Crippen LogP contribution in [0.15, 0.2) is 74.6 Å². The molecule has 13 heteroatoms. The molecule has 1 aliphatic heterocycles. The highest BCUT2D eigenvalue weighted by Gasteiger charge is 2.31. The van der Waals surface area contributed by atoms with Crippen LogP contribution < -0.4 is 4.90 Å². The monoisotopic (exact) mass is 632 g/mol. The van der Waals surface area contributed by atoms with E-state index in [0.717, 1.165) is 14.7 Å². The number of hydrogen-bond acceptors (Lipinski definition) is 8. The second kappa shape index (κ2) is 11.5. The van der Waals surface area contributed by atoms with Crippen LogP contribution in [0.3, 0.4) is 0 Å². The molecule has 1 fully saturated rings. The molecule has 5 rings (SSSR count). The van der Waals surface area contributed by atoms with E-state index in [1.165, 1.54) is 49.7 Å². The average Bonchev–Trinajstić information content (AvgIpc) is 3.61. The summed E-state index contributed by atoms with van der Waals surface area (Å²) in [5.41, 5.74) is 1.08. The number of carbonyl (C=O) groups excluding carboxylic acids is 2. The Morgan fingerprint density at radius 3 is 2.51 bits per heavy atom. The molecule has 0 radical (unpaired) electrons. The van der Waals surface area contributed by atoms with E-state index in [1.807, 2.05) is 18.2 Å². The zero-order valence-electron chi connectivity index (χ0n) is 20.9. The Morgan fingerprint density at radius 1 is 1.10 bits per heavy atom. The van der Waals surface area contributed by atoms with Gasteiger partial charge in [-0.05, 0) is 61.5 Å². The maximum absolute atomic E-state index is 13.7. The molecule has 0 saturated carbocycles. The molecule has 0 N–H and O–H groups in total. The number of thiazole rings is 1. The smallest absolute Gasteiger partial charge is 0.409 e. The Kier molecular flexibility index (Phi) is 8.03. The summed E-state index contributed by atoms with van der Waals surface area (Å²) in [4.78, 5) is 33.3. The maximum atomic E-state index is 13.7. The summed E-state index contributed by atoms with van der Waals surface area (Å²) in [5.74, 6) is 0.251. The van der Waals surface area contributed by atoms with E-state index < -0.39 is 16.1 Å². The van der Waals surface area contributed by atoms with Crippen molar-refractivity contribution < 1.29 is 27.2 Å². The number of ether oxygens (including phenoxy) is 1. The van der Waals surface area contributed by atoms with Crippen molar-refractivity contribution in [2.24, 2.45) is 0 Å². The van der Waals surface area contributed by atoms with E-state index in [2.05, 4.69) is 20.9 Å². The molecule has 39 heavy (non-hydrogen) atoms. The number of halogens is 1. The van der Waals surface area contributed by atoms with Gasteiger partial charge in [0, 0.05) is 36.2 Å². The van der Waals surface area contributed by atoms with Crippen LogP contribution in [-0.4, -0.2) is 67.4 Å². The van der Waals surface area contributed by atoms with Gasteiger partial charge in [0.15, 0.2) is 5.13 Å². The number of amides is 2. The fraction of sp³-hybridized carbons (Fsp3) is 0.269. The Labute approximate surface area is 238 Å². The normalized spacial score (nSPS) is 14.5. The van der Waals surface area contributed by atoms with Gasteiger partial charge in [0.25, 0.3) is 5.91 Å². The van der Waals surface area contributed by atoms with Crippen LogP contribution in [0.4, 0.5) is 9.93 Å². The third-order valence-electron chi connectivity index (χ3n) is 6.21. The first kappa shape index (κ1) is 27.3. The molecule has 1 saturated heterocycles. The maximum Gasteiger partial charge on any atom is 0.409 e. The molecule has 0 bridgehead atoms. The molecule has 4 aromatic rings. The van der Waals surface area contributed by atoms with Gasteiger partial charge in [-0.25, -0.2) is 18.2 Å². The molecule has 10 nitrogen and oxygen atoms in total. The molecule has 204 valence electrons. The summed E-state index contributed by atoms with van der Waals surface area (Å²) >= 11 is 4.85. The number of benzene rings is 2. The largest absolute Gasteiger partial charge is 0.467 e. The lowest BCUT2D eigenvalue weighted by molar-refractivity contribution is 0.0933. The van der Waals surface area contributed by atoms with Gasteiger partial charge in [0.1, 0.15) is 5.76 Å². The molecule has 0 spiro atoms. The van der Waals surface area contributed by atoms with Crippen LogP contribution in [0.25, 0.3) is 10.2 Å². The van der Waals surface area contributed by atoms with E-state index in [4.69, 9.17) is 9.15 Å². The van der Waals surface area contributed by atoms with Gasteiger partial charge < -0.3 is 14.1 Å². The van der Waals surface area contributed by atoms with Gasteiger partial charge in [-0.3, -0.25) is 9.69 Å². The number of furan rings is 1. The van der Waals surface area contributed by atoms with Crippen molar-refractivity contribution in [1.82, 2.24) is 14.2 Å². The second-order valence-corrected chi connectivity index (χ2v) is 12.6. The standard InChI is InChI=1S/C26H25BrN4O6S2/c1-2-36-26(33)29-11-13-30(14-12-29)39(34,35)21-8-5-18(6-9-21)24(32)31(17-20-4-3-15-37-20)25-28-22-10-7-19(27)16-23(22)38-25/h3-10,15-16H,2,11-14,17H2,1H3. The number of piperazine rings is 1. The highest BCUT2D eigenvalue weighted by Crippen LogP contribution is 2.33. The van der Waals surface area contributed by atoms with Crippen LogP contribution >= 0.6 is 27.3 Å². The number of fused-ring (bicyclic) bond motifs is 1. The van der Waals surface area contributed by atoms with Gasteiger partial charge >= 0.3 is 6.09 Å². The molecule has 1 aliphatic rings. The zero-order chi connectivity index (χ0) is 27.6. The van der Waals surface area contributed by atoms with Crippen molar-refractivity contribution >= 4 is 64.6 Å². The predicted octanol–water partition coefficient (Wildman–Crippen LogP) is 4.96. The Balaban J connectivity index is 1.36. The van der Waals surface area contributed by atoms with Gasteiger partial charge in [0.05, 0.1) is 34.5 Å². The molecule has 2 aromatic carbocycles. The van der Waals surface area contributed by atoms with Crippen molar-refractivity contribution in [3.8, 4) is 0 Å². The van der Waals surface area contributed by atoms with Gasteiger partial charge in [-0.1, -0.05) is 27.3 Å². The Bertz CT molecular complexity index is 1580. The number of aromatic nitrogens is 1. The minimum atomic E-state index is -3.80. The van der Waals surface area contributed by atoms with Gasteiger partial charge in [0.2, 0.25) is 10.0 Å². The molecule has 2 aromatic heterocycles. The van der Waals surface area contributed by atoms with E-state index in [0.29, 0.717) is 16.5 Å². The van der Waals surface area contributed by atoms with Crippen LogP contribution in [-0.2, 0) is 21.3 Å². The Morgan fingerprint density at radius 2 is 1.85 bits per heavy atom. The number of carbonyl (C=O) groups is 2. The summed E-state index contributed by atoms with van der Waals surface area (Å²) in [6.07, 6.45) is 1.09. The van der Waals surface area contributed by atoms with Crippen LogP contribution in [0, 0.1) is 0 Å². The van der Waals surface area contributed by atoms with Crippen molar-refractivity contribution in [3.05, 3.63) is 76.7 Å². The number of rotatable bonds is 7. The lowest BCUT2D eigenvalue weighted by Crippen LogP contribution is -2.50. The molecule has 3 heterocycles. The van der Waals surface area contributed by atoms with E-state index >= 15 is 0 Å². The minimum absolute atomic E-state index is 0.0751. The number of anilines is 1. The van der Waals surface area contributed by atoms with Crippen LogP contribution in [0.5, 0.6) is 0 Å². The van der Waals surface area contributed by atoms with Gasteiger partial charge in [-0.2, -0.15) is 4.31 Å². The van der Waals surface area contributed by atoms with E-state index in [9.17, 15) is 18.0 Å². The first-order valence-corrected chi connectivity index (χ1v) is 15.2. The van der Waals surface area contributed by atoms with Crippen molar-refractivity contribution in [2.75, 3.05) is 37.7 Å². The van der Waals surface area contributed by atoms with Crippen LogP contribution in [0.2, 0.25) is 0 Å². The zero-order valence-corrected chi connectivity index (χ0v) is 24.2. The van der Waals surface area contributed by atoms with E-state index in [-0.39, 0.29) is 50.1 Å². The molecule has 0 atom stereocenters. The first-order valence-electron chi connectivity index (χ1n) is 12.2. The number of nitrogens with zero attached hydrogens (tertiary/aromatic N) is 4. The summed E-state index contributed by atoms with van der Waals surface area (Å²) in [5, 5.41) is 0.501. The SMILES string of the molecule is CCOC(=O)N1CCN(S(=O)(=O)c2ccc(C(=O)N(Cc3ccco3)c3nc4ccc(Br)cc4s3)cc2)CC1. The first-order chi connectivity index (χ1) is 18.8. The topological polar surface area (TPSA) is 113 Å². The minimum Gasteiger partial charge on any atom is -0.467 e. The molecule has 0 unspecified atom stereocenters. The van der Waals surface area contributed by atoms with Crippen LogP contribution in [0.1, 0.15) is 23.0 Å². The highest BCUT2D eigenvalue weighted by atomic mass is 79.9. The van der Waals surface area contributed by atoms with E-state index in [1.54, 1.807) is 25.3 Å². The lowest BCUT2D eigenvalue weighted by atomic mass is 10.2. The van der Waals surface area contributed by atoms with Crippen molar-refractivity contribution in [2.45, 2.75) is 18.4 Å². The molecular weight excluding hydrogens is 608 g/mol. The quantitative estimate of drug-likeness (QED) is 0.283. The lowest BCUT2D eigenvalue weighted by Gasteiger charge is -2.33. The molecular formula is C26H25BrN4O6S2. The summed E-state index contributed by atoms with van der Waals surface area (Å²) in [6, 6.07) is 15.1. The Hall–Kier alpha value is -3.26. The number of sulfonamides is 1. The van der Waals surface area contributed by atoms with Gasteiger partial charge in [-0.15, -0.1) is 0 Å². The van der Waals surface area contributed by atoms with Crippen molar-refractivity contribution in [3.63, 3.8) is 0 Å². The van der Waals surface area contributed by atoms with Crippen molar-refractivity contribution in [1.29, 1.82) is 0 Å². The third kappa shape index (κ3) is 5.86. The number of hydrogen-bond donors (Lipinski definition) is 0. The summed E-state index contributed by atoms with van der Waals surface area (Å²) in [6.45, 7) is 2.96. The summed E-state index contributed by atoms with van der Waals surface area (Å²) < 4.78 is 40.1. The fourth-order valence-corrected chi connectivity index (χ4v) is 7.12. The predicted molar refractivity (Wildman–Crippen MR) is 150 cm³/mol. The molecule has 2 amide bonds. The summed E-state index contributed by atoms with van der Waals surface area (Å²) in [7, 11) is -3.80. The second-order valence-electron chi connectivity index (χ2n) is 8.69. The highest BCUT2D eigenvalue weighted by molar-refractivity contribution is 9.10. The third-order valence-corrected chi connectivity index (χ3v) is 9.66. The molecule has 0 aliphatic carbocycles. The average molecular weight is 634 g/mol.